The molecule has 100 valence electrons. The zero-order chi connectivity index (χ0) is 13.8. The molecule has 3 heteroatoms. The molecule has 3 nitrogen and oxygen atoms in total. The molecule has 18 heavy (non-hydrogen) atoms. The lowest BCUT2D eigenvalue weighted by molar-refractivity contribution is 0.171. The number of hydrogen-bond acceptors (Lipinski definition) is 3. The summed E-state index contributed by atoms with van der Waals surface area (Å²) in [6, 6.07) is 6.05. The number of pyridine rings is 1. The SMILES string of the molecule is C=C1N(C)CN(Cc2ccccn2)C1(C)C.CC. The second kappa shape index (κ2) is 6.01. The quantitative estimate of drug-likeness (QED) is 0.800. The normalized spacial score (nSPS) is 18.5. The molecule has 0 spiro atoms. The van der Waals surface area contributed by atoms with Gasteiger partial charge in [-0.2, -0.15) is 0 Å². The van der Waals surface area contributed by atoms with Crippen LogP contribution in [0, 0.1) is 0 Å². The molecule has 0 amide bonds. The summed E-state index contributed by atoms with van der Waals surface area (Å²) in [6.07, 6.45) is 1.84. The van der Waals surface area contributed by atoms with Crippen molar-refractivity contribution in [3.05, 3.63) is 42.4 Å². The number of rotatable bonds is 2. The highest BCUT2D eigenvalue weighted by atomic mass is 15.4. The number of nitrogens with zero attached hydrogens (tertiary/aromatic N) is 3. The lowest BCUT2D eigenvalue weighted by Gasteiger charge is -2.30. The maximum atomic E-state index is 4.37. The molecule has 0 atom stereocenters. The summed E-state index contributed by atoms with van der Waals surface area (Å²) in [6.45, 7) is 14.4. The van der Waals surface area contributed by atoms with Gasteiger partial charge in [0.05, 0.1) is 17.9 Å². The molecule has 1 saturated heterocycles. The molecule has 0 saturated carbocycles. The summed E-state index contributed by atoms with van der Waals surface area (Å²) in [7, 11) is 2.09. The van der Waals surface area contributed by atoms with E-state index in [0.29, 0.717) is 0 Å². The van der Waals surface area contributed by atoms with Crippen LogP contribution in [-0.4, -0.2) is 34.0 Å². The van der Waals surface area contributed by atoms with Crippen LogP contribution >= 0.6 is 0 Å². The summed E-state index contributed by atoms with van der Waals surface area (Å²) < 4.78 is 0. The Morgan fingerprint density at radius 3 is 2.44 bits per heavy atom. The Hall–Kier alpha value is -1.35. The average molecular weight is 247 g/mol. The van der Waals surface area contributed by atoms with Gasteiger partial charge in [0.25, 0.3) is 0 Å². The second-order valence-electron chi connectivity index (χ2n) is 4.86. The second-order valence-corrected chi connectivity index (χ2v) is 4.86. The molecule has 2 heterocycles. The predicted octanol–water partition coefficient (Wildman–Crippen LogP) is 3.11. The number of likely N-dealkylation sites (N-methyl/N-ethyl adjacent to an activating group) is 1. The Balaban J connectivity index is 0.000000771. The van der Waals surface area contributed by atoms with Gasteiger partial charge in [0.15, 0.2) is 0 Å². The van der Waals surface area contributed by atoms with E-state index in [2.05, 4.69) is 48.3 Å². The highest BCUT2D eigenvalue weighted by Gasteiger charge is 2.38. The molecule has 0 aromatic carbocycles. The Morgan fingerprint density at radius 2 is 2.00 bits per heavy atom. The molecule has 1 aliphatic heterocycles. The van der Waals surface area contributed by atoms with Crippen LogP contribution in [0.15, 0.2) is 36.7 Å². The molecule has 1 aromatic heterocycles. The molecule has 0 N–H and O–H groups in total. The third-order valence-electron chi connectivity index (χ3n) is 3.42. The van der Waals surface area contributed by atoms with Crippen molar-refractivity contribution in [2.24, 2.45) is 0 Å². The van der Waals surface area contributed by atoms with E-state index in [0.717, 1.165) is 18.9 Å². The Labute approximate surface area is 111 Å². The summed E-state index contributed by atoms with van der Waals surface area (Å²) >= 11 is 0. The van der Waals surface area contributed by atoms with Crippen LogP contribution < -0.4 is 0 Å². The van der Waals surface area contributed by atoms with Crippen molar-refractivity contribution in [1.82, 2.24) is 14.8 Å². The van der Waals surface area contributed by atoms with Crippen molar-refractivity contribution < 1.29 is 0 Å². The minimum atomic E-state index is 0.0201. The maximum Gasteiger partial charge on any atom is 0.0712 e. The third-order valence-corrected chi connectivity index (χ3v) is 3.42. The standard InChI is InChI=1S/C13H19N3.C2H6/c1-11-13(2,3)16(10-15(11)4)9-12-7-5-6-8-14-12;1-2/h5-8H,1,9-10H2,2-4H3;1-2H3. The van der Waals surface area contributed by atoms with Crippen molar-refractivity contribution >= 4 is 0 Å². The van der Waals surface area contributed by atoms with E-state index in [9.17, 15) is 0 Å². The minimum Gasteiger partial charge on any atom is -0.364 e. The van der Waals surface area contributed by atoms with E-state index in [1.54, 1.807) is 0 Å². The molecule has 0 aliphatic carbocycles. The van der Waals surface area contributed by atoms with Gasteiger partial charge in [-0.15, -0.1) is 0 Å². The first-order valence-corrected chi connectivity index (χ1v) is 6.57. The van der Waals surface area contributed by atoms with Crippen LogP contribution in [-0.2, 0) is 6.54 Å². The van der Waals surface area contributed by atoms with E-state index >= 15 is 0 Å². The first-order chi connectivity index (χ1) is 8.51. The van der Waals surface area contributed by atoms with Crippen LogP contribution in [0.25, 0.3) is 0 Å². The van der Waals surface area contributed by atoms with Crippen LogP contribution in [0.4, 0.5) is 0 Å². The molecular formula is C15H25N3. The largest absolute Gasteiger partial charge is 0.364 e. The maximum absolute atomic E-state index is 4.37. The van der Waals surface area contributed by atoms with Crippen molar-refractivity contribution in [2.75, 3.05) is 13.7 Å². The van der Waals surface area contributed by atoms with Crippen molar-refractivity contribution in [1.29, 1.82) is 0 Å². The number of aromatic nitrogens is 1. The van der Waals surface area contributed by atoms with Crippen molar-refractivity contribution in [3.63, 3.8) is 0 Å². The van der Waals surface area contributed by atoms with Crippen LogP contribution in [0.2, 0.25) is 0 Å². The zero-order valence-corrected chi connectivity index (χ0v) is 12.3. The third kappa shape index (κ3) is 2.91. The summed E-state index contributed by atoms with van der Waals surface area (Å²) in [5.74, 6) is 0. The van der Waals surface area contributed by atoms with E-state index in [-0.39, 0.29) is 5.54 Å². The highest BCUT2D eigenvalue weighted by molar-refractivity contribution is 5.18. The molecule has 1 aromatic rings. The molecule has 1 aliphatic rings. The Kier molecular flexibility index (Phi) is 4.91. The Morgan fingerprint density at radius 1 is 1.33 bits per heavy atom. The summed E-state index contributed by atoms with van der Waals surface area (Å²) in [5.41, 5.74) is 2.30. The summed E-state index contributed by atoms with van der Waals surface area (Å²) in [4.78, 5) is 8.95. The minimum absolute atomic E-state index is 0.0201. The molecule has 0 radical (unpaired) electrons. The van der Waals surface area contributed by atoms with E-state index in [4.69, 9.17) is 0 Å². The van der Waals surface area contributed by atoms with Crippen LogP contribution in [0.1, 0.15) is 33.4 Å². The van der Waals surface area contributed by atoms with Gasteiger partial charge < -0.3 is 4.90 Å². The molecule has 2 rings (SSSR count). The van der Waals surface area contributed by atoms with E-state index in [1.807, 2.05) is 32.2 Å². The van der Waals surface area contributed by atoms with Gasteiger partial charge in [0.2, 0.25) is 0 Å². The predicted molar refractivity (Wildman–Crippen MR) is 77.0 cm³/mol. The van der Waals surface area contributed by atoms with Gasteiger partial charge in [-0.05, 0) is 26.0 Å². The molecule has 0 bridgehead atoms. The first-order valence-electron chi connectivity index (χ1n) is 6.57. The van der Waals surface area contributed by atoms with Gasteiger partial charge in [0.1, 0.15) is 0 Å². The van der Waals surface area contributed by atoms with Gasteiger partial charge in [0, 0.05) is 25.5 Å². The Bertz CT molecular complexity index is 384. The zero-order valence-electron chi connectivity index (χ0n) is 12.3. The first kappa shape index (κ1) is 14.7. The fourth-order valence-corrected chi connectivity index (χ4v) is 2.10. The van der Waals surface area contributed by atoms with Gasteiger partial charge in [-0.3, -0.25) is 9.88 Å². The average Bonchev–Trinajstić information content (AvgIpc) is 2.57. The monoisotopic (exact) mass is 247 g/mol. The topological polar surface area (TPSA) is 19.4 Å². The molecule has 1 fully saturated rings. The van der Waals surface area contributed by atoms with Crippen LogP contribution in [0.5, 0.6) is 0 Å². The smallest absolute Gasteiger partial charge is 0.0712 e. The fourth-order valence-electron chi connectivity index (χ4n) is 2.10. The lowest BCUT2D eigenvalue weighted by atomic mass is 10.0. The van der Waals surface area contributed by atoms with E-state index < -0.39 is 0 Å². The van der Waals surface area contributed by atoms with Crippen molar-refractivity contribution in [3.8, 4) is 0 Å². The van der Waals surface area contributed by atoms with Crippen LogP contribution in [0.3, 0.4) is 0 Å². The highest BCUT2D eigenvalue weighted by Crippen LogP contribution is 2.32. The van der Waals surface area contributed by atoms with Gasteiger partial charge in [-0.1, -0.05) is 26.5 Å². The number of hydrogen-bond donors (Lipinski definition) is 0. The fraction of sp³-hybridized carbons (Fsp3) is 0.533. The van der Waals surface area contributed by atoms with Gasteiger partial charge in [-0.25, -0.2) is 0 Å². The van der Waals surface area contributed by atoms with Crippen molar-refractivity contribution in [2.45, 2.75) is 39.8 Å². The van der Waals surface area contributed by atoms with E-state index in [1.165, 1.54) is 5.70 Å². The lowest BCUT2D eigenvalue weighted by Crippen LogP contribution is -2.38. The summed E-state index contributed by atoms with van der Waals surface area (Å²) in [5, 5.41) is 0. The van der Waals surface area contributed by atoms with Gasteiger partial charge >= 0.3 is 0 Å². The molecular weight excluding hydrogens is 222 g/mol. The molecule has 0 unspecified atom stereocenters.